The summed E-state index contributed by atoms with van der Waals surface area (Å²) < 4.78 is 5.34. The quantitative estimate of drug-likeness (QED) is 0.835. The van der Waals surface area contributed by atoms with E-state index in [9.17, 15) is 4.79 Å². The van der Waals surface area contributed by atoms with Gasteiger partial charge in [0, 0.05) is 23.9 Å². The second-order valence-corrected chi connectivity index (χ2v) is 7.09. The van der Waals surface area contributed by atoms with Crippen LogP contribution in [0, 0.1) is 0 Å². The van der Waals surface area contributed by atoms with E-state index in [-0.39, 0.29) is 5.91 Å². The van der Waals surface area contributed by atoms with Gasteiger partial charge in [0.25, 0.3) is 0 Å². The van der Waals surface area contributed by atoms with E-state index in [0.717, 1.165) is 43.3 Å². The molecule has 0 unspecified atom stereocenters. The average molecular weight is 378 g/mol. The van der Waals surface area contributed by atoms with Crippen molar-refractivity contribution in [1.29, 1.82) is 0 Å². The van der Waals surface area contributed by atoms with Crippen molar-refractivity contribution in [3.8, 4) is 0 Å². The van der Waals surface area contributed by atoms with Crippen molar-refractivity contribution >= 4 is 40.8 Å². The van der Waals surface area contributed by atoms with Crippen LogP contribution in [-0.2, 0) is 15.3 Å². The Balaban J connectivity index is 1.44. The number of aromatic nitrogens is 1. The fourth-order valence-corrected chi connectivity index (χ4v) is 3.52. The Hall–Kier alpha value is -1.76. The summed E-state index contributed by atoms with van der Waals surface area (Å²) >= 11 is 7.50. The molecule has 1 saturated heterocycles. The minimum atomic E-state index is -0.0568. The summed E-state index contributed by atoms with van der Waals surface area (Å²) in [6.45, 7) is 3.21. The normalized spacial score (nSPS) is 14.4. The minimum Gasteiger partial charge on any atom is -0.378 e. The van der Waals surface area contributed by atoms with Gasteiger partial charge in [0.05, 0.1) is 30.9 Å². The summed E-state index contributed by atoms with van der Waals surface area (Å²) in [5.41, 5.74) is 2.16. The van der Waals surface area contributed by atoms with Gasteiger partial charge in [0.15, 0.2) is 0 Å². The fraction of sp³-hybridized carbons (Fsp3) is 0.333. The van der Waals surface area contributed by atoms with Crippen molar-refractivity contribution < 1.29 is 9.53 Å². The molecule has 1 N–H and O–H groups in total. The van der Waals surface area contributed by atoms with Gasteiger partial charge in [-0.2, -0.15) is 0 Å². The third kappa shape index (κ3) is 5.63. The molecule has 0 aliphatic carbocycles. The number of halogens is 1. The molecular formula is C18H20ClN3O2S. The van der Waals surface area contributed by atoms with Gasteiger partial charge < -0.3 is 15.0 Å². The molecule has 0 atom stereocenters. The second kappa shape index (κ2) is 9.08. The number of amides is 1. The lowest BCUT2D eigenvalue weighted by Gasteiger charge is -2.28. The van der Waals surface area contributed by atoms with E-state index < -0.39 is 0 Å². The van der Waals surface area contributed by atoms with E-state index in [1.807, 2.05) is 36.4 Å². The average Bonchev–Trinajstić information content (AvgIpc) is 2.63. The third-order valence-corrected chi connectivity index (χ3v) is 5.02. The highest BCUT2D eigenvalue weighted by Crippen LogP contribution is 2.18. The maximum atomic E-state index is 12.0. The number of anilines is 2. The lowest BCUT2D eigenvalue weighted by atomic mass is 10.2. The number of benzene rings is 1. The molecule has 1 aromatic heterocycles. The number of ether oxygens (including phenoxy) is 1. The fourth-order valence-electron chi connectivity index (χ4n) is 2.54. The van der Waals surface area contributed by atoms with E-state index in [1.165, 1.54) is 0 Å². The molecule has 2 heterocycles. The predicted octanol–water partition coefficient (Wildman–Crippen LogP) is 3.44. The Kier molecular flexibility index (Phi) is 6.55. The Morgan fingerprint density at radius 3 is 2.84 bits per heavy atom. The topological polar surface area (TPSA) is 54.5 Å². The summed E-state index contributed by atoms with van der Waals surface area (Å²) in [6, 6.07) is 11.5. The molecule has 0 saturated carbocycles. The molecule has 5 nitrogen and oxygen atoms in total. The second-order valence-electron chi connectivity index (χ2n) is 5.67. The van der Waals surface area contributed by atoms with Gasteiger partial charge in [-0.05, 0) is 29.8 Å². The zero-order chi connectivity index (χ0) is 17.5. The summed E-state index contributed by atoms with van der Waals surface area (Å²) in [5, 5.41) is 3.54. The molecule has 1 aromatic carbocycles. The molecule has 2 aromatic rings. The number of pyridine rings is 1. The zero-order valence-corrected chi connectivity index (χ0v) is 15.4. The van der Waals surface area contributed by atoms with E-state index in [0.29, 0.717) is 16.6 Å². The van der Waals surface area contributed by atoms with Crippen LogP contribution < -0.4 is 10.2 Å². The molecule has 1 amide bonds. The molecule has 1 aliphatic rings. The maximum absolute atomic E-state index is 12.0. The molecule has 132 valence electrons. The Labute approximate surface area is 156 Å². The van der Waals surface area contributed by atoms with Crippen LogP contribution in [0.5, 0.6) is 0 Å². The first-order valence-corrected chi connectivity index (χ1v) is 9.65. The highest BCUT2D eigenvalue weighted by molar-refractivity contribution is 7.99. The molecule has 0 bridgehead atoms. The first-order chi connectivity index (χ1) is 12.2. The van der Waals surface area contributed by atoms with Crippen LogP contribution in [0.2, 0.25) is 5.02 Å². The Morgan fingerprint density at radius 2 is 2.12 bits per heavy atom. The first-order valence-electron chi connectivity index (χ1n) is 8.11. The van der Waals surface area contributed by atoms with Crippen LogP contribution in [0.15, 0.2) is 42.6 Å². The smallest absolute Gasteiger partial charge is 0.235 e. The highest BCUT2D eigenvalue weighted by atomic mass is 35.5. The molecule has 3 rings (SSSR count). The first kappa shape index (κ1) is 18.0. The molecule has 0 spiro atoms. The number of rotatable bonds is 6. The van der Waals surface area contributed by atoms with Crippen molar-refractivity contribution in [2.45, 2.75) is 5.75 Å². The molecule has 1 fully saturated rings. The van der Waals surface area contributed by atoms with E-state index in [2.05, 4.69) is 15.2 Å². The summed E-state index contributed by atoms with van der Waals surface area (Å²) in [4.78, 5) is 18.6. The number of hydrogen-bond acceptors (Lipinski definition) is 5. The van der Waals surface area contributed by atoms with E-state index in [4.69, 9.17) is 16.3 Å². The van der Waals surface area contributed by atoms with Gasteiger partial charge >= 0.3 is 0 Å². The molecule has 7 heteroatoms. The van der Waals surface area contributed by atoms with Crippen LogP contribution in [0.4, 0.5) is 11.5 Å². The number of nitrogens with zero attached hydrogens (tertiary/aromatic N) is 2. The van der Waals surface area contributed by atoms with Crippen molar-refractivity contribution in [2.24, 2.45) is 0 Å². The number of morpholine rings is 1. The van der Waals surface area contributed by atoms with Gasteiger partial charge in [0.2, 0.25) is 5.91 Å². The maximum Gasteiger partial charge on any atom is 0.235 e. The van der Waals surface area contributed by atoms with Crippen molar-refractivity contribution in [3.63, 3.8) is 0 Å². The van der Waals surface area contributed by atoms with E-state index in [1.54, 1.807) is 18.0 Å². The number of nitrogens with one attached hydrogen (secondary N) is 1. The number of carbonyl (C=O) groups is 1. The SMILES string of the molecule is O=C(CSCc1cccc(Cl)c1)Nc1ccc(N2CCOCC2)cn1. The number of carbonyl (C=O) groups excluding carboxylic acids is 1. The summed E-state index contributed by atoms with van der Waals surface area (Å²) in [7, 11) is 0. The van der Waals surface area contributed by atoms with Crippen LogP contribution in [0.1, 0.15) is 5.56 Å². The van der Waals surface area contributed by atoms with Crippen LogP contribution in [-0.4, -0.2) is 42.9 Å². The van der Waals surface area contributed by atoms with Gasteiger partial charge in [-0.3, -0.25) is 4.79 Å². The lowest BCUT2D eigenvalue weighted by Crippen LogP contribution is -2.36. The molecule has 25 heavy (non-hydrogen) atoms. The number of hydrogen-bond donors (Lipinski definition) is 1. The van der Waals surface area contributed by atoms with Crippen LogP contribution >= 0.6 is 23.4 Å². The van der Waals surface area contributed by atoms with Crippen molar-refractivity contribution in [2.75, 3.05) is 42.3 Å². The third-order valence-electron chi connectivity index (χ3n) is 3.78. The van der Waals surface area contributed by atoms with Crippen molar-refractivity contribution in [3.05, 3.63) is 53.2 Å². The molecular weight excluding hydrogens is 358 g/mol. The molecule has 1 aliphatic heterocycles. The van der Waals surface area contributed by atoms with Crippen LogP contribution in [0.25, 0.3) is 0 Å². The van der Waals surface area contributed by atoms with Gasteiger partial charge in [-0.25, -0.2) is 4.98 Å². The monoisotopic (exact) mass is 377 g/mol. The summed E-state index contributed by atoms with van der Waals surface area (Å²) in [6.07, 6.45) is 1.79. The number of thioether (sulfide) groups is 1. The molecule has 0 radical (unpaired) electrons. The minimum absolute atomic E-state index is 0.0568. The van der Waals surface area contributed by atoms with Gasteiger partial charge in [-0.15, -0.1) is 11.8 Å². The van der Waals surface area contributed by atoms with Crippen LogP contribution in [0.3, 0.4) is 0 Å². The van der Waals surface area contributed by atoms with E-state index >= 15 is 0 Å². The highest BCUT2D eigenvalue weighted by Gasteiger charge is 2.11. The zero-order valence-electron chi connectivity index (χ0n) is 13.8. The predicted molar refractivity (Wildman–Crippen MR) is 104 cm³/mol. The summed E-state index contributed by atoms with van der Waals surface area (Å²) in [5.74, 6) is 1.64. The lowest BCUT2D eigenvalue weighted by molar-refractivity contribution is -0.113. The Bertz CT molecular complexity index is 706. The van der Waals surface area contributed by atoms with Gasteiger partial charge in [-0.1, -0.05) is 23.7 Å². The Morgan fingerprint density at radius 1 is 1.28 bits per heavy atom. The largest absolute Gasteiger partial charge is 0.378 e. The van der Waals surface area contributed by atoms with Gasteiger partial charge in [0.1, 0.15) is 5.82 Å². The standard InChI is InChI=1S/C18H20ClN3O2S/c19-15-3-1-2-14(10-15)12-25-13-18(23)21-17-5-4-16(11-20-17)22-6-8-24-9-7-22/h1-5,10-11H,6-9,12-13H2,(H,20,21,23). The van der Waals surface area contributed by atoms with Crippen molar-refractivity contribution in [1.82, 2.24) is 4.98 Å².